The van der Waals surface area contributed by atoms with Gasteiger partial charge in [-0.15, -0.1) is 0 Å². The molecule has 1 atom stereocenters. The van der Waals surface area contributed by atoms with Crippen molar-refractivity contribution in [3.05, 3.63) is 22.5 Å². The Balaban J connectivity index is 1.31. The van der Waals surface area contributed by atoms with Crippen molar-refractivity contribution in [1.82, 2.24) is 14.8 Å². The van der Waals surface area contributed by atoms with Crippen molar-refractivity contribution in [1.29, 1.82) is 0 Å². The molecule has 3 saturated heterocycles. The van der Waals surface area contributed by atoms with E-state index in [0.717, 1.165) is 25.7 Å². The molecule has 9 heteroatoms. The lowest BCUT2D eigenvalue weighted by atomic mass is 9.84. The Morgan fingerprint density at radius 2 is 1.68 bits per heavy atom. The van der Waals surface area contributed by atoms with E-state index in [4.69, 9.17) is 14.2 Å². The first-order chi connectivity index (χ1) is 16.3. The van der Waals surface area contributed by atoms with Crippen LogP contribution >= 0.6 is 0 Å². The summed E-state index contributed by atoms with van der Waals surface area (Å²) in [5.74, 6) is -0.644. The summed E-state index contributed by atoms with van der Waals surface area (Å²) in [4.78, 5) is 45.5. The summed E-state index contributed by atoms with van der Waals surface area (Å²) in [5, 5.41) is 0. The van der Waals surface area contributed by atoms with Gasteiger partial charge in [0, 0.05) is 50.6 Å². The van der Waals surface area contributed by atoms with Gasteiger partial charge in [-0.2, -0.15) is 0 Å². The number of amides is 2. The van der Waals surface area contributed by atoms with Crippen LogP contribution in [0.25, 0.3) is 0 Å². The van der Waals surface area contributed by atoms with Crippen LogP contribution in [0.2, 0.25) is 0 Å². The molecule has 3 aliphatic rings. The summed E-state index contributed by atoms with van der Waals surface area (Å²) in [7, 11) is 0. The maximum atomic E-state index is 13.2. The molecule has 1 aromatic rings. The fourth-order valence-electron chi connectivity index (χ4n) is 5.58. The highest BCUT2D eigenvalue weighted by atomic mass is 16.7. The number of hydrogen-bond donors (Lipinski definition) is 1. The molecule has 0 aromatic carbocycles. The molecule has 34 heavy (non-hydrogen) atoms. The number of likely N-dealkylation sites (tertiary alicyclic amines) is 2. The number of aromatic nitrogens is 1. The Kier molecular flexibility index (Phi) is 7.33. The number of esters is 1. The van der Waals surface area contributed by atoms with Crippen molar-refractivity contribution in [2.45, 2.75) is 59.2 Å². The predicted octanol–water partition coefficient (Wildman–Crippen LogP) is 2.66. The fourth-order valence-corrected chi connectivity index (χ4v) is 5.58. The Morgan fingerprint density at radius 3 is 2.26 bits per heavy atom. The zero-order valence-corrected chi connectivity index (χ0v) is 20.8. The van der Waals surface area contributed by atoms with E-state index in [1.165, 1.54) is 0 Å². The lowest BCUT2D eigenvalue weighted by Crippen LogP contribution is -2.50. The average Bonchev–Trinajstić information content (AvgIpc) is 3.42. The van der Waals surface area contributed by atoms with Crippen molar-refractivity contribution in [2.75, 3.05) is 46.0 Å². The van der Waals surface area contributed by atoms with E-state index >= 15 is 0 Å². The minimum atomic E-state index is -0.479. The van der Waals surface area contributed by atoms with Crippen LogP contribution < -0.4 is 0 Å². The van der Waals surface area contributed by atoms with Crippen LogP contribution in [0.15, 0.2) is 0 Å². The molecule has 2 amide bonds. The second-order valence-electron chi connectivity index (χ2n) is 9.70. The van der Waals surface area contributed by atoms with E-state index in [9.17, 15) is 14.4 Å². The van der Waals surface area contributed by atoms with E-state index in [1.807, 2.05) is 16.7 Å². The second kappa shape index (κ2) is 10.1. The molecule has 3 fully saturated rings. The number of ether oxygens (including phenoxy) is 3. The van der Waals surface area contributed by atoms with Gasteiger partial charge in [0.2, 0.25) is 5.91 Å². The monoisotopic (exact) mass is 475 g/mol. The van der Waals surface area contributed by atoms with Crippen LogP contribution in [0, 0.1) is 25.7 Å². The Labute approximate surface area is 201 Å². The molecule has 0 aliphatic carbocycles. The van der Waals surface area contributed by atoms with Crippen LogP contribution in [-0.2, 0) is 19.0 Å². The third-order valence-corrected chi connectivity index (χ3v) is 7.70. The van der Waals surface area contributed by atoms with Crippen LogP contribution in [0.5, 0.6) is 0 Å². The number of rotatable bonds is 5. The van der Waals surface area contributed by atoms with Crippen LogP contribution in [0.1, 0.15) is 71.6 Å². The van der Waals surface area contributed by atoms with Gasteiger partial charge in [0.05, 0.1) is 25.4 Å². The predicted molar refractivity (Wildman–Crippen MR) is 124 cm³/mol. The molecule has 4 rings (SSSR count). The maximum Gasteiger partial charge on any atom is 0.340 e. The number of nitrogens with zero attached hydrogens (tertiary/aromatic N) is 2. The molecule has 1 aromatic heterocycles. The SMILES string of the molecule is CCOC(=O)c1c(C)[nH]c(C(=O)N2CCC([C@@H](C)C(=O)N3CCC4(CC3)OCCO4)CC2)c1C. The number of H-pyrrole nitrogens is 1. The van der Waals surface area contributed by atoms with E-state index in [-0.39, 0.29) is 30.3 Å². The van der Waals surface area contributed by atoms with Crippen molar-refractivity contribution < 1.29 is 28.6 Å². The van der Waals surface area contributed by atoms with Crippen molar-refractivity contribution >= 4 is 17.8 Å². The maximum absolute atomic E-state index is 13.2. The molecule has 4 heterocycles. The van der Waals surface area contributed by atoms with Crippen molar-refractivity contribution in [3.8, 4) is 0 Å². The van der Waals surface area contributed by atoms with Crippen LogP contribution in [0.4, 0.5) is 0 Å². The fraction of sp³-hybridized carbons (Fsp3) is 0.720. The number of carbonyl (C=O) groups excluding carboxylic acids is 3. The van der Waals surface area contributed by atoms with Gasteiger partial charge in [0.15, 0.2) is 5.79 Å². The largest absolute Gasteiger partial charge is 0.462 e. The van der Waals surface area contributed by atoms with Crippen LogP contribution in [0.3, 0.4) is 0 Å². The first-order valence-corrected chi connectivity index (χ1v) is 12.5. The van der Waals surface area contributed by atoms with Gasteiger partial charge in [0.25, 0.3) is 5.91 Å². The Hall–Kier alpha value is -2.39. The summed E-state index contributed by atoms with van der Waals surface area (Å²) < 4.78 is 16.7. The summed E-state index contributed by atoms with van der Waals surface area (Å²) in [6.07, 6.45) is 3.01. The lowest BCUT2D eigenvalue weighted by Gasteiger charge is -2.40. The molecular weight excluding hydrogens is 438 g/mol. The number of aromatic amines is 1. The van der Waals surface area contributed by atoms with Crippen molar-refractivity contribution in [3.63, 3.8) is 0 Å². The summed E-state index contributed by atoms with van der Waals surface area (Å²) in [6, 6.07) is 0. The first kappa shape index (κ1) is 24.7. The third kappa shape index (κ3) is 4.73. The molecule has 0 saturated carbocycles. The Morgan fingerprint density at radius 1 is 1.06 bits per heavy atom. The van der Waals surface area contributed by atoms with E-state index < -0.39 is 11.8 Å². The van der Waals surface area contributed by atoms with Gasteiger partial charge < -0.3 is 29.0 Å². The number of piperidine rings is 2. The van der Waals surface area contributed by atoms with Crippen LogP contribution in [-0.4, -0.2) is 84.4 Å². The summed E-state index contributed by atoms with van der Waals surface area (Å²) in [6.45, 7) is 11.4. The Bertz CT molecular complexity index is 917. The van der Waals surface area contributed by atoms with Gasteiger partial charge in [0.1, 0.15) is 5.69 Å². The highest BCUT2D eigenvalue weighted by molar-refractivity contribution is 6.00. The number of hydrogen-bond acceptors (Lipinski definition) is 6. The molecule has 1 N–H and O–H groups in total. The van der Waals surface area contributed by atoms with E-state index in [0.29, 0.717) is 61.9 Å². The quantitative estimate of drug-likeness (QED) is 0.657. The smallest absolute Gasteiger partial charge is 0.340 e. The van der Waals surface area contributed by atoms with Gasteiger partial charge in [-0.25, -0.2) is 4.79 Å². The molecule has 9 nitrogen and oxygen atoms in total. The molecular formula is C25H37N3O6. The molecule has 0 radical (unpaired) electrons. The summed E-state index contributed by atoms with van der Waals surface area (Å²) >= 11 is 0. The molecule has 188 valence electrons. The standard InChI is InChI=1S/C25H37N3O6/c1-5-32-24(31)20-17(3)21(26-18(20)4)23(30)27-10-6-19(7-11-27)16(2)22(29)28-12-8-25(9-13-28)33-14-15-34-25/h16,19,26H,5-15H2,1-4H3/t16-/m1/s1. The normalized spacial score (nSPS) is 21.6. The van der Waals surface area contributed by atoms with Crippen molar-refractivity contribution in [2.24, 2.45) is 11.8 Å². The number of carbonyl (C=O) groups is 3. The third-order valence-electron chi connectivity index (χ3n) is 7.70. The topological polar surface area (TPSA) is 101 Å². The summed E-state index contributed by atoms with van der Waals surface area (Å²) in [5.41, 5.74) is 2.16. The van der Waals surface area contributed by atoms with Gasteiger partial charge in [-0.1, -0.05) is 6.92 Å². The second-order valence-corrected chi connectivity index (χ2v) is 9.70. The first-order valence-electron chi connectivity index (χ1n) is 12.5. The minimum absolute atomic E-state index is 0.0819. The zero-order valence-electron chi connectivity index (χ0n) is 20.8. The van der Waals surface area contributed by atoms with Gasteiger partial charge in [-0.05, 0) is 45.1 Å². The highest BCUT2D eigenvalue weighted by Gasteiger charge is 2.42. The number of nitrogens with one attached hydrogen (secondary N) is 1. The molecule has 1 spiro atoms. The highest BCUT2D eigenvalue weighted by Crippen LogP contribution is 2.33. The lowest BCUT2D eigenvalue weighted by molar-refractivity contribution is -0.188. The van der Waals surface area contributed by atoms with E-state index in [2.05, 4.69) is 4.98 Å². The molecule has 3 aliphatic heterocycles. The zero-order chi connectivity index (χ0) is 24.5. The van der Waals surface area contributed by atoms with Gasteiger partial charge >= 0.3 is 5.97 Å². The van der Waals surface area contributed by atoms with Gasteiger partial charge in [-0.3, -0.25) is 9.59 Å². The average molecular weight is 476 g/mol. The van der Waals surface area contributed by atoms with E-state index in [1.54, 1.807) is 20.8 Å². The minimum Gasteiger partial charge on any atom is -0.462 e. The molecule has 0 bridgehead atoms. The number of aryl methyl sites for hydroxylation is 1. The molecule has 0 unspecified atom stereocenters.